The fourth-order valence-electron chi connectivity index (χ4n) is 1.88. The van der Waals surface area contributed by atoms with E-state index in [2.05, 4.69) is 15.5 Å². The molecule has 8 heteroatoms. The minimum Gasteiger partial charge on any atom is -0.387 e. The van der Waals surface area contributed by atoms with Crippen LogP contribution in [0, 0.1) is 0 Å². The number of nitrogens with zero attached hydrogens (tertiary/aromatic N) is 2. The summed E-state index contributed by atoms with van der Waals surface area (Å²) >= 11 is 0. The third kappa shape index (κ3) is 4.87. The maximum Gasteiger partial charge on any atom is 0.252 e. The zero-order chi connectivity index (χ0) is 14.2. The molecule has 1 amide bonds. The molecule has 1 aromatic rings. The first-order chi connectivity index (χ1) is 9.78. The molecule has 1 aliphatic heterocycles. The standard InChI is InChI=1S/C12H19N3O5/c16-6-12-14-10(15-20-12)3-4-13-11(17)8-18-7-9-2-1-5-19-9/h9,16H,1-8H2,(H,13,17). The number of aliphatic hydroxyl groups is 1. The smallest absolute Gasteiger partial charge is 0.252 e. The summed E-state index contributed by atoms with van der Waals surface area (Å²) in [5, 5.41) is 15.1. The molecule has 2 N–H and O–H groups in total. The Bertz CT molecular complexity index is 417. The van der Waals surface area contributed by atoms with E-state index in [9.17, 15) is 4.79 Å². The molecule has 0 saturated carbocycles. The molecule has 1 aromatic heterocycles. The van der Waals surface area contributed by atoms with Crippen LogP contribution in [0.5, 0.6) is 0 Å². The third-order valence-electron chi connectivity index (χ3n) is 2.88. The molecule has 1 saturated heterocycles. The van der Waals surface area contributed by atoms with Crippen molar-refractivity contribution >= 4 is 5.91 Å². The molecule has 112 valence electrons. The van der Waals surface area contributed by atoms with Crippen LogP contribution < -0.4 is 5.32 Å². The molecule has 0 aliphatic carbocycles. The second-order valence-corrected chi connectivity index (χ2v) is 4.51. The zero-order valence-corrected chi connectivity index (χ0v) is 11.2. The average Bonchev–Trinajstić information content (AvgIpc) is 3.10. The first-order valence-corrected chi connectivity index (χ1v) is 6.66. The molecule has 0 spiro atoms. The Balaban J connectivity index is 1.53. The number of aliphatic hydroxyl groups excluding tert-OH is 1. The molecule has 20 heavy (non-hydrogen) atoms. The van der Waals surface area contributed by atoms with E-state index in [1.807, 2.05) is 0 Å². The van der Waals surface area contributed by atoms with Gasteiger partial charge in [-0.2, -0.15) is 4.98 Å². The van der Waals surface area contributed by atoms with Crippen LogP contribution >= 0.6 is 0 Å². The Morgan fingerprint density at radius 3 is 3.15 bits per heavy atom. The number of carbonyl (C=O) groups excluding carboxylic acids is 1. The summed E-state index contributed by atoms with van der Waals surface area (Å²) in [5.74, 6) is 0.440. The molecule has 0 radical (unpaired) electrons. The van der Waals surface area contributed by atoms with Gasteiger partial charge >= 0.3 is 0 Å². The van der Waals surface area contributed by atoms with Gasteiger partial charge in [-0.3, -0.25) is 4.79 Å². The van der Waals surface area contributed by atoms with E-state index in [4.69, 9.17) is 19.1 Å². The van der Waals surface area contributed by atoms with E-state index in [0.29, 0.717) is 25.4 Å². The van der Waals surface area contributed by atoms with Crippen LogP contribution in [0.15, 0.2) is 4.52 Å². The lowest BCUT2D eigenvalue weighted by molar-refractivity contribution is -0.126. The van der Waals surface area contributed by atoms with Crippen molar-refractivity contribution < 1.29 is 23.9 Å². The number of carbonyl (C=O) groups is 1. The van der Waals surface area contributed by atoms with Gasteiger partial charge in [0, 0.05) is 19.6 Å². The topological polar surface area (TPSA) is 107 Å². The first kappa shape index (κ1) is 14.9. The highest BCUT2D eigenvalue weighted by Gasteiger charge is 2.15. The average molecular weight is 285 g/mol. The lowest BCUT2D eigenvalue weighted by atomic mass is 10.2. The van der Waals surface area contributed by atoms with Gasteiger partial charge in [-0.25, -0.2) is 0 Å². The fraction of sp³-hybridized carbons (Fsp3) is 0.750. The predicted molar refractivity (Wildman–Crippen MR) is 66.7 cm³/mol. The normalized spacial score (nSPS) is 18.4. The number of hydrogen-bond acceptors (Lipinski definition) is 7. The number of aromatic nitrogens is 2. The summed E-state index contributed by atoms with van der Waals surface area (Å²) in [6.07, 6.45) is 2.62. The van der Waals surface area contributed by atoms with E-state index in [0.717, 1.165) is 19.4 Å². The number of nitrogens with one attached hydrogen (secondary N) is 1. The van der Waals surface area contributed by atoms with Crippen LogP contribution in [0.2, 0.25) is 0 Å². The lowest BCUT2D eigenvalue weighted by Gasteiger charge is -2.09. The largest absolute Gasteiger partial charge is 0.387 e. The van der Waals surface area contributed by atoms with Crippen LogP contribution in [0.1, 0.15) is 24.6 Å². The number of ether oxygens (including phenoxy) is 2. The predicted octanol–water partition coefficient (Wildman–Crippen LogP) is -0.584. The maximum atomic E-state index is 11.5. The van der Waals surface area contributed by atoms with E-state index < -0.39 is 0 Å². The third-order valence-corrected chi connectivity index (χ3v) is 2.88. The quantitative estimate of drug-likeness (QED) is 0.657. The molecule has 1 fully saturated rings. The van der Waals surface area contributed by atoms with Gasteiger partial charge in [0.05, 0.1) is 12.7 Å². The van der Waals surface area contributed by atoms with Crippen LogP contribution in [-0.4, -0.2) is 53.6 Å². The highest BCUT2D eigenvalue weighted by atomic mass is 16.5. The van der Waals surface area contributed by atoms with Crippen LogP contribution in [0.25, 0.3) is 0 Å². The SMILES string of the molecule is O=C(COCC1CCCO1)NCCc1noc(CO)n1. The Hall–Kier alpha value is -1.51. The van der Waals surface area contributed by atoms with Gasteiger partial charge in [-0.15, -0.1) is 0 Å². The Morgan fingerprint density at radius 1 is 1.55 bits per heavy atom. The Morgan fingerprint density at radius 2 is 2.45 bits per heavy atom. The van der Waals surface area contributed by atoms with E-state index in [1.54, 1.807) is 0 Å². The maximum absolute atomic E-state index is 11.5. The minimum atomic E-state index is -0.281. The van der Waals surface area contributed by atoms with Crippen molar-refractivity contribution in [2.45, 2.75) is 32.0 Å². The van der Waals surface area contributed by atoms with Gasteiger partial charge in [0.1, 0.15) is 13.2 Å². The molecular formula is C12H19N3O5. The molecule has 1 aliphatic rings. The van der Waals surface area contributed by atoms with Crippen LogP contribution in [-0.2, 0) is 27.3 Å². The molecule has 1 atom stereocenters. The highest BCUT2D eigenvalue weighted by Crippen LogP contribution is 2.11. The van der Waals surface area contributed by atoms with Crippen molar-refractivity contribution in [1.29, 1.82) is 0 Å². The monoisotopic (exact) mass is 285 g/mol. The van der Waals surface area contributed by atoms with E-state index in [-0.39, 0.29) is 31.1 Å². The first-order valence-electron chi connectivity index (χ1n) is 6.66. The summed E-state index contributed by atoms with van der Waals surface area (Å²) < 4.78 is 15.4. The van der Waals surface area contributed by atoms with Gasteiger partial charge < -0.3 is 24.4 Å². The van der Waals surface area contributed by atoms with Crippen molar-refractivity contribution in [3.05, 3.63) is 11.7 Å². The Labute approximate surface area is 116 Å². The molecule has 2 rings (SSSR count). The second-order valence-electron chi connectivity index (χ2n) is 4.51. The summed E-state index contributed by atoms with van der Waals surface area (Å²) in [6, 6.07) is 0. The molecule has 0 aromatic carbocycles. The molecule has 8 nitrogen and oxygen atoms in total. The van der Waals surface area contributed by atoms with Crippen molar-refractivity contribution in [2.24, 2.45) is 0 Å². The van der Waals surface area contributed by atoms with E-state index in [1.165, 1.54) is 0 Å². The van der Waals surface area contributed by atoms with Crippen molar-refractivity contribution in [3.63, 3.8) is 0 Å². The van der Waals surface area contributed by atoms with Crippen molar-refractivity contribution in [3.8, 4) is 0 Å². The summed E-state index contributed by atoms with van der Waals surface area (Å²) in [5.41, 5.74) is 0. The zero-order valence-electron chi connectivity index (χ0n) is 11.2. The highest BCUT2D eigenvalue weighted by molar-refractivity contribution is 5.77. The second kappa shape index (κ2) is 7.93. The lowest BCUT2D eigenvalue weighted by Crippen LogP contribution is -2.30. The number of hydrogen-bond donors (Lipinski definition) is 2. The van der Waals surface area contributed by atoms with E-state index >= 15 is 0 Å². The molecular weight excluding hydrogens is 266 g/mol. The van der Waals surface area contributed by atoms with Crippen LogP contribution in [0.4, 0.5) is 0 Å². The summed E-state index contributed by atoms with van der Waals surface area (Å²) in [6.45, 7) is 1.37. The van der Waals surface area contributed by atoms with Crippen LogP contribution in [0.3, 0.4) is 0 Å². The summed E-state index contributed by atoms with van der Waals surface area (Å²) in [4.78, 5) is 15.4. The number of amides is 1. The van der Waals surface area contributed by atoms with Gasteiger partial charge in [0.2, 0.25) is 5.91 Å². The van der Waals surface area contributed by atoms with Crippen molar-refractivity contribution in [1.82, 2.24) is 15.5 Å². The Kier molecular flexibility index (Phi) is 5.90. The molecule has 1 unspecified atom stereocenters. The minimum absolute atomic E-state index is 0.0218. The summed E-state index contributed by atoms with van der Waals surface area (Å²) in [7, 11) is 0. The molecule has 2 heterocycles. The number of rotatable bonds is 8. The van der Waals surface area contributed by atoms with Gasteiger partial charge in [-0.1, -0.05) is 5.16 Å². The van der Waals surface area contributed by atoms with Gasteiger partial charge in [-0.05, 0) is 12.8 Å². The van der Waals surface area contributed by atoms with Gasteiger partial charge in [0.25, 0.3) is 5.89 Å². The van der Waals surface area contributed by atoms with Crippen molar-refractivity contribution in [2.75, 3.05) is 26.4 Å². The fourth-order valence-corrected chi connectivity index (χ4v) is 1.88. The molecule has 0 bridgehead atoms. The van der Waals surface area contributed by atoms with Gasteiger partial charge in [0.15, 0.2) is 5.82 Å².